The molecule has 2 aromatic heterocycles. The molecule has 2 atom stereocenters. The summed E-state index contributed by atoms with van der Waals surface area (Å²) < 4.78 is 7.16. The molecule has 3 heterocycles. The second kappa shape index (κ2) is 10.3. The third-order valence-corrected chi connectivity index (χ3v) is 7.32. The van der Waals surface area contributed by atoms with Crippen LogP contribution in [-0.4, -0.2) is 53.2 Å². The minimum absolute atomic E-state index is 0.485. The number of nitrogens with one attached hydrogen (secondary N) is 2. The average Bonchev–Trinajstić information content (AvgIpc) is 3.21. The summed E-state index contributed by atoms with van der Waals surface area (Å²) in [6, 6.07) is 13.2. The maximum Gasteiger partial charge on any atom is 0.181 e. The predicted octanol–water partition coefficient (Wildman–Crippen LogP) is 4.80. The van der Waals surface area contributed by atoms with Crippen molar-refractivity contribution in [1.29, 1.82) is 5.26 Å². The molecule has 36 heavy (non-hydrogen) atoms. The quantitative estimate of drug-likeness (QED) is 0.310. The number of aromatic nitrogens is 2. The number of fused-ring (bicyclic) bond motifs is 2. The van der Waals surface area contributed by atoms with E-state index in [9.17, 15) is 5.26 Å². The molecule has 1 aliphatic heterocycles. The fraction of sp³-hybridized carbons (Fsp3) is 0.370. The molecule has 4 N–H and O–H groups in total. The van der Waals surface area contributed by atoms with E-state index < -0.39 is 0 Å². The van der Waals surface area contributed by atoms with Crippen molar-refractivity contribution in [2.45, 2.75) is 39.3 Å². The lowest BCUT2D eigenvalue weighted by molar-refractivity contribution is 0.161. The first kappa shape index (κ1) is 24.3. The number of anilines is 3. The van der Waals surface area contributed by atoms with E-state index in [1.54, 1.807) is 6.20 Å². The van der Waals surface area contributed by atoms with Crippen LogP contribution >= 0.6 is 11.3 Å². The van der Waals surface area contributed by atoms with Gasteiger partial charge in [0.2, 0.25) is 0 Å². The van der Waals surface area contributed by atoms with Crippen molar-refractivity contribution in [2.75, 3.05) is 37.3 Å². The molecule has 0 aliphatic carbocycles. The highest BCUT2D eigenvalue weighted by Gasteiger charge is 2.20. The van der Waals surface area contributed by atoms with E-state index in [0.717, 1.165) is 69.9 Å². The van der Waals surface area contributed by atoms with Gasteiger partial charge >= 0.3 is 0 Å². The summed E-state index contributed by atoms with van der Waals surface area (Å²) >= 11 is 1.44. The van der Waals surface area contributed by atoms with Crippen LogP contribution in [0.5, 0.6) is 5.75 Å². The number of benzene rings is 2. The number of hydrogen-bond donors (Lipinski definition) is 3. The van der Waals surface area contributed by atoms with Gasteiger partial charge in [0.25, 0.3) is 0 Å². The molecule has 0 radical (unpaired) electrons. The first-order valence-electron chi connectivity index (χ1n) is 12.3. The lowest BCUT2D eigenvalue weighted by Crippen LogP contribution is -2.54. The van der Waals surface area contributed by atoms with Gasteiger partial charge in [-0.3, -0.25) is 4.98 Å². The highest BCUT2D eigenvalue weighted by molar-refractivity contribution is 7.22. The van der Waals surface area contributed by atoms with E-state index in [1.807, 2.05) is 37.3 Å². The molecule has 8 nitrogen and oxygen atoms in total. The molecular weight excluding hydrogens is 470 g/mol. The van der Waals surface area contributed by atoms with Crippen LogP contribution in [0.15, 0.2) is 36.5 Å². The van der Waals surface area contributed by atoms with Gasteiger partial charge in [-0.05, 0) is 57.0 Å². The number of thiazole rings is 1. The van der Waals surface area contributed by atoms with Gasteiger partial charge < -0.3 is 26.0 Å². The maximum absolute atomic E-state index is 9.75. The van der Waals surface area contributed by atoms with Crippen molar-refractivity contribution < 1.29 is 4.74 Å². The largest absolute Gasteiger partial charge is 0.493 e. The Morgan fingerprint density at radius 2 is 2.03 bits per heavy atom. The van der Waals surface area contributed by atoms with Crippen LogP contribution < -0.4 is 21.1 Å². The van der Waals surface area contributed by atoms with E-state index in [2.05, 4.69) is 45.4 Å². The lowest BCUT2D eigenvalue weighted by Gasteiger charge is -2.36. The molecule has 1 saturated heterocycles. The monoisotopic (exact) mass is 501 g/mol. The number of piperazine rings is 1. The fourth-order valence-corrected chi connectivity index (χ4v) is 5.73. The van der Waals surface area contributed by atoms with E-state index in [1.165, 1.54) is 11.3 Å². The van der Waals surface area contributed by atoms with Gasteiger partial charge in [-0.1, -0.05) is 11.3 Å². The number of rotatable bonds is 7. The molecule has 0 spiro atoms. The van der Waals surface area contributed by atoms with Gasteiger partial charge in [0.15, 0.2) is 5.13 Å². The molecule has 4 aromatic rings. The van der Waals surface area contributed by atoms with E-state index in [4.69, 9.17) is 10.5 Å². The van der Waals surface area contributed by atoms with Crippen LogP contribution in [0.2, 0.25) is 0 Å². The number of nitrogens with zero attached hydrogens (tertiary/aromatic N) is 4. The zero-order valence-corrected chi connectivity index (χ0v) is 21.7. The first-order chi connectivity index (χ1) is 17.4. The van der Waals surface area contributed by atoms with Gasteiger partial charge in [0.1, 0.15) is 11.8 Å². The Morgan fingerprint density at radius 3 is 2.81 bits per heavy atom. The van der Waals surface area contributed by atoms with Crippen LogP contribution in [0, 0.1) is 18.3 Å². The van der Waals surface area contributed by atoms with E-state index >= 15 is 0 Å². The zero-order chi connectivity index (χ0) is 25.2. The summed E-state index contributed by atoms with van der Waals surface area (Å²) in [5.74, 6) is 0.828. The number of nitrogens with two attached hydrogens (primary N) is 1. The topological polar surface area (TPSA) is 112 Å². The maximum atomic E-state index is 9.75. The zero-order valence-electron chi connectivity index (χ0n) is 20.8. The van der Waals surface area contributed by atoms with Crippen molar-refractivity contribution >= 4 is 49.0 Å². The number of aryl methyl sites for hydroxylation is 1. The molecule has 5 rings (SSSR count). The van der Waals surface area contributed by atoms with E-state index in [0.29, 0.717) is 29.4 Å². The van der Waals surface area contributed by atoms with Crippen molar-refractivity contribution in [3.8, 4) is 11.8 Å². The molecule has 0 saturated carbocycles. The Morgan fingerprint density at radius 1 is 1.22 bits per heavy atom. The number of nitrogen functional groups attached to an aromatic ring is 1. The Kier molecular flexibility index (Phi) is 6.92. The minimum Gasteiger partial charge on any atom is -0.493 e. The lowest BCUT2D eigenvalue weighted by atomic mass is 10.1. The van der Waals surface area contributed by atoms with Crippen LogP contribution in [-0.2, 0) is 0 Å². The summed E-state index contributed by atoms with van der Waals surface area (Å²) in [5.41, 5.74) is 10.6. The van der Waals surface area contributed by atoms with E-state index in [-0.39, 0.29) is 0 Å². The number of hydrogen-bond acceptors (Lipinski definition) is 9. The molecule has 0 bridgehead atoms. The third-order valence-electron chi connectivity index (χ3n) is 6.47. The van der Waals surface area contributed by atoms with Gasteiger partial charge in [0, 0.05) is 55.1 Å². The van der Waals surface area contributed by atoms with Gasteiger partial charge in [-0.2, -0.15) is 5.26 Å². The van der Waals surface area contributed by atoms with Crippen LogP contribution in [0.4, 0.5) is 16.5 Å². The number of nitriles is 1. The van der Waals surface area contributed by atoms with Gasteiger partial charge in [-0.25, -0.2) is 4.98 Å². The summed E-state index contributed by atoms with van der Waals surface area (Å²) in [5, 5.41) is 18.2. The van der Waals surface area contributed by atoms with Gasteiger partial charge in [-0.15, -0.1) is 0 Å². The summed E-state index contributed by atoms with van der Waals surface area (Å²) in [4.78, 5) is 11.4. The molecule has 186 valence electrons. The predicted molar refractivity (Wildman–Crippen MR) is 147 cm³/mol. The molecule has 0 amide bonds. The third kappa shape index (κ3) is 5.21. The Hall–Kier alpha value is -3.45. The van der Waals surface area contributed by atoms with Crippen molar-refractivity contribution in [3.63, 3.8) is 0 Å². The highest BCUT2D eigenvalue weighted by Crippen LogP contribution is 2.34. The Balaban J connectivity index is 1.33. The second-order valence-electron chi connectivity index (χ2n) is 9.58. The SMILES string of the molecule is Cc1cc2c(Nc3ccc4nc(N)sc4c3)c(C#N)cnc2cc1OCCCN1CC(C)NC(C)C1. The summed E-state index contributed by atoms with van der Waals surface area (Å²) in [7, 11) is 0. The number of ether oxygens (including phenoxy) is 1. The van der Waals surface area contributed by atoms with Crippen molar-refractivity contribution in [2.24, 2.45) is 0 Å². The number of pyridine rings is 1. The first-order valence-corrected chi connectivity index (χ1v) is 13.1. The molecule has 2 unspecified atom stereocenters. The Labute approximate surface area is 215 Å². The van der Waals surface area contributed by atoms with Crippen LogP contribution in [0.1, 0.15) is 31.4 Å². The highest BCUT2D eigenvalue weighted by atomic mass is 32.1. The summed E-state index contributed by atoms with van der Waals surface area (Å²) in [6.07, 6.45) is 2.58. The standard InChI is InChI=1S/C27H31N7OS/c1-16-9-21-23(11-24(16)35-8-4-7-34-14-17(2)31-18(3)15-34)30-13-19(12-28)26(21)32-20-5-6-22-25(10-20)36-27(29)33-22/h5-6,9-11,13,17-18,31H,4,7-8,14-15H2,1-3H3,(H2,29,33)(H,30,32). The minimum atomic E-state index is 0.485. The molecular formula is C27H31N7OS. The van der Waals surface area contributed by atoms with Gasteiger partial charge in [0.05, 0.1) is 33.6 Å². The molecule has 1 fully saturated rings. The van der Waals surface area contributed by atoms with Crippen LogP contribution in [0.3, 0.4) is 0 Å². The van der Waals surface area contributed by atoms with Crippen molar-refractivity contribution in [3.05, 3.63) is 47.7 Å². The second-order valence-corrected chi connectivity index (χ2v) is 10.6. The van der Waals surface area contributed by atoms with Crippen LogP contribution in [0.25, 0.3) is 21.1 Å². The van der Waals surface area contributed by atoms with Crippen molar-refractivity contribution in [1.82, 2.24) is 20.2 Å². The molecule has 1 aliphatic rings. The molecule has 9 heteroatoms. The normalized spacial score (nSPS) is 18.4. The fourth-order valence-electron chi connectivity index (χ4n) is 4.96. The Bertz CT molecular complexity index is 1430. The molecule has 2 aromatic carbocycles. The average molecular weight is 502 g/mol. The smallest absolute Gasteiger partial charge is 0.181 e. The summed E-state index contributed by atoms with van der Waals surface area (Å²) in [6.45, 7) is 10.3.